The minimum absolute atomic E-state index is 0.102. The fourth-order valence-corrected chi connectivity index (χ4v) is 3.73. The van der Waals surface area contributed by atoms with Gasteiger partial charge >= 0.3 is 0 Å². The van der Waals surface area contributed by atoms with Gasteiger partial charge in [-0.05, 0) is 48.6 Å². The second-order valence-electron chi connectivity index (χ2n) is 6.51. The summed E-state index contributed by atoms with van der Waals surface area (Å²) in [5.41, 5.74) is 4.52. The highest BCUT2D eigenvalue weighted by Crippen LogP contribution is 2.35. The van der Waals surface area contributed by atoms with Gasteiger partial charge in [0.2, 0.25) is 5.95 Å². The number of anilines is 1. The highest BCUT2D eigenvalue weighted by molar-refractivity contribution is 5.78. The lowest BCUT2D eigenvalue weighted by Crippen LogP contribution is -2.27. The number of fused-ring (bicyclic) bond motifs is 2. The Labute approximate surface area is 146 Å². The summed E-state index contributed by atoms with van der Waals surface area (Å²) in [6, 6.07) is 13.8. The third-order valence-corrected chi connectivity index (χ3v) is 4.99. The Bertz CT molecular complexity index is 994. The first-order chi connectivity index (χ1) is 12.2. The van der Waals surface area contributed by atoms with Gasteiger partial charge in [0.25, 0.3) is 5.56 Å². The van der Waals surface area contributed by atoms with Crippen LogP contribution in [0, 0.1) is 6.92 Å². The van der Waals surface area contributed by atoms with E-state index in [4.69, 9.17) is 0 Å². The normalized spacial score (nSPS) is 16.2. The summed E-state index contributed by atoms with van der Waals surface area (Å²) in [6.07, 6.45) is 2.00. The zero-order valence-corrected chi connectivity index (χ0v) is 14.2. The minimum atomic E-state index is -0.121. The molecule has 1 heterocycles. The largest absolute Gasteiger partial charge is 0.395 e. The molecule has 1 atom stereocenters. The molecule has 2 aromatic carbocycles. The molecule has 0 fully saturated rings. The topological polar surface area (TPSA) is 67.2 Å². The predicted octanol–water partition coefficient (Wildman–Crippen LogP) is 2.80. The van der Waals surface area contributed by atoms with Crippen molar-refractivity contribution in [3.63, 3.8) is 0 Å². The van der Waals surface area contributed by atoms with Crippen molar-refractivity contribution < 1.29 is 5.11 Å². The van der Waals surface area contributed by atoms with E-state index < -0.39 is 0 Å². The van der Waals surface area contributed by atoms with Crippen LogP contribution in [0.3, 0.4) is 0 Å². The summed E-state index contributed by atoms with van der Waals surface area (Å²) in [7, 11) is 0. The molecule has 2 N–H and O–H groups in total. The smallest absolute Gasteiger partial charge is 0.262 e. The van der Waals surface area contributed by atoms with Crippen LogP contribution in [0.4, 0.5) is 5.95 Å². The van der Waals surface area contributed by atoms with Crippen molar-refractivity contribution >= 4 is 16.9 Å². The highest BCUT2D eigenvalue weighted by Gasteiger charge is 2.25. The molecule has 5 nitrogen and oxygen atoms in total. The van der Waals surface area contributed by atoms with Crippen molar-refractivity contribution in [2.75, 3.05) is 11.9 Å². The number of aliphatic hydroxyl groups excluding tert-OH is 1. The first-order valence-electron chi connectivity index (χ1n) is 8.64. The molecule has 5 heteroatoms. The summed E-state index contributed by atoms with van der Waals surface area (Å²) in [6.45, 7) is 2.26. The molecular formula is C20H21N3O2. The molecule has 0 radical (unpaired) electrons. The summed E-state index contributed by atoms with van der Waals surface area (Å²) in [4.78, 5) is 17.4. The maximum atomic E-state index is 12.8. The number of aromatic nitrogens is 2. The second kappa shape index (κ2) is 6.33. The van der Waals surface area contributed by atoms with Gasteiger partial charge in [-0.1, -0.05) is 30.3 Å². The number of nitrogens with one attached hydrogen (secondary N) is 1. The van der Waals surface area contributed by atoms with Gasteiger partial charge in [-0.15, -0.1) is 0 Å². The van der Waals surface area contributed by atoms with Gasteiger partial charge in [0.05, 0.1) is 30.1 Å². The van der Waals surface area contributed by atoms with E-state index in [0.29, 0.717) is 16.9 Å². The number of hydrogen-bond acceptors (Lipinski definition) is 4. The molecule has 0 saturated carbocycles. The Morgan fingerprint density at radius 3 is 2.92 bits per heavy atom. The third-order valence-electron chi connectivity index (χ3n) is 4.99. The zero-order valence-electron chi connectivity index (χ0n) is 14.2. The average molecular weight is 335 g/mol. The third kappa shape index (κ3) is 2.70. The van der Waals surface area contributed by atoms with Crippen molar-refractivity contribution in [2.24, 2.45) is 0 Å². The molecule has 25 heavy (non-hydrogen) atoms. The summed E-state index contributed by atoms with van der Waals surface area (Å²) >= 11 is 0. The summed E-state index contributed by atoms with van der Waals surface area (Å²) in [5.74, 6) is 0.525. The SMILES string of the molecule is Cc1cccc2c1CCC2Nc1nc2ccccc2c(=O)n1CCO. The monoisotopic (exact) mass is 335 g/mol. The molecule has 0 saturated heterocycles. The molecule has 1 unspecified atom stereocenters. The molecular weight excluding hydrogens is 314 g/mol. The fraction of sp³-hybridized carbons (Fsp3) is 0.300. The number of para-hydroxylation sites is 1. The van der Waals surface area contributed by atoms with Gasteiger partial charge in [-0.25, -0.2) is 4.98 Å². The number of aryl methyl sites for hydroxylation is 1. The Morgan fingerprint density at radius 1 is 1.24 bits per heavy atom. The van der Waals surface area contributed by atoms with Gasteiger partial charge < -0.3 is 10.4 Å². The van der Waals surface area contributed by atoms with Crippen molar-refractivity contribution in [3.8, 4) is 0 Å². The number of rotatable bonds is 4. The highest BCUT2D eigenvalue weighted by atomic mass is 16.3. The van der Waals surface area contributed by atoms with E-state index in [0.717, 1.165) is 12.8 Å². The van der Waals surface area contributed by atoms with Crippen molar-refractivity contribution in [1.82, 2.24) is 9.55 Å². The van der Waals surface area contributed by atoms with E-state index in [1.54, 1.807) is 6.07 Å². The lowest BCUT2D eigenvalue weighted by Gasteiger charge is -2.19. The lowest BCUT2D eigenvalue weighted by atomic mass is 10.0. The van der Waals surface area contributed by atoms with Crippen LogP contribution >= 0.6 is 0 Å². The number of aliphatic hydroxyl groups is 1. The van der Waals surface area contributed by atoms with Gasteiger partial charge in [0.15, 0.2) is 0 Å². The van der Waals surface area contributed by atoms with E-state index >= 15 is 0 Å². The van der Waals surface area contributed by atoms with Crippen LogP contribution in [0.5, 0.6) is 0 Å². The lowest BCUT2D eigenvalue weighted by molar-refractivity contribution is 0.274. The molecule has 1 aliphatic carbocycles. The number of benzene rings is 2. The van der Waals surface area contributed by atoms with E-state index in [-0.39, 0.29) is 24.8 Å². The summed E-state index contributed by atoms with van der Waals surface area (Å²) in [5, 5.41) is 13.4. The molecule has 4 rings (SSSR count). The van der Waals surface area contributed by atoms with Crippen LogP contribution in [0.25, 0.3) is 10.9 Å². The van der Waals surface area contributed by atoms with Gasteiger partial charge in [-0.2, -0.15) is 0 Å². The number of hydrogen-bond donors (Lipinski definition) is 2. The molecule has 0 bridgehead atoms. The van der Waals surface area contributed by atoms with Crippen LogP contribution in [-0.4, -0.2) is 21.3 Å². The maximum Gasteiger partial charge on any atom is 0.262 e. The van der Waals surface area contributed by atoms with Gasteiger partial charge in [0, 0.05) is 0 Å². The van der Waals surface area contributed by atoms with Crippen LogP contribution in [-0.2, 0) is 13.0 Å². The van der Waals surface area contributed by atoms with E-state index in [2.05, 4.69) is 35.4 Å². The van der Waals surface area contributed by atoms with Crippen LogP contribution in [0.2, 0.25) is 0 Å². The second-order valence-corrected chi connectivity index (χ2v) is 6.51. The van der Waals surface area contributed by atoms with Crippen LogP contribution in [0.1, 0.15) is 29.2 Å². The van der Waals surface area contributed by atoms with Gasteiger partial charge in [0.1, 0.15) is 0 Å². The molecule has 0 spiro atoms. The van der Waals surface area contributed by atoms with E-state index in [1.165, 1.54) is 21.3 Å². The van der Waals surface area contributed by atoms with Gasteiger partial charge in [-0.3, -0.25) is 9.36 Å². The standard InChI is InChI=1S/C20H21N3O2/c1-13-5-4-7-15-14(13)9-10-18(15)22-20-21-17-8-3-2-6-16(17)19(25)23(20)11-12-24/h2-8,18,24H,9-12H2,1H3,(H,21,22). The first kappa shape index (κ1) is 15.8. The molecule has 128 valence electrons. The quantitative estimate of drug-likeness (QED) is 0.769. The Morgan fingerprint density at radius 2 is 2.08 bits per heavy atom. The molecule has 0 aliphatic heterocycles. The van der Waals surface area contributed by atoms with Crippen molar-refractivity contribution in [1.29, 1.82) is 0 Å². The predicted molar refractivity (Wildman–Crippen MR) is 99.0 cm³/mol. The Kier molecular flexibility index (Phi) is 4.01. The maximum absolute atomic E-state index is 12.8. The minimum Gasteiger partial charge on any atom is -0.395 e. The molecule has 0 amide bonds. The van der Waals surface area contributed by atoms with Crippen molar-refractivity contribution in [3.05, 3.63) is 69.5 Å². The zero-order chi connectivity index (χ0) is 17.4. The first-order valence-corrected chi connectivity index (χ1v) is 8.64. The molecule has 1 aliphatic rings. The molecule has 3 aromatic rings. The van der Waals surface area contributed by atoms with E-state index in [1.807, 2.05) is 18.2 Å². The molecule has 1 aromatic heterocycles. The Hall–Kier alpha value is -2.66. The average Bonchev–Trinajstić information content (AvgIpc) is 3.03. The number of nitrogens with zero attached hydrogens (tertiary/aromatic N) is 2. The van der Waals surface area contributed by atoms with Crippen LogP contribution in [0.15, 0.2) is 47.3 Å². The van der Waals surface area contributed by atoms with Crippen molar-refractivity contribution in [2.45, 2.75) is 32.4 Å². The Balaban J connectivity index is 1.79. The summed E-state index contributed by atoms with van der Waals surface area (Å²) < 4.78 is 1.54. The van der Waals surface area contributed by atoms with E-state index in [9.17, 15) is 9.90 Å². The fourth-order valence-electron chi connectivity index (χ4n) is 3.73. The van der Waals surface area contributed by atoms with Crippen LogP contribution < -0.4 is 10.9 Å².